The summed E-state index contributed by atoms with van der Waals surface area (Å²) in [6, 6.07) is 13.9. The number of halogens is 1. The predicted octanol–water partition coefficient (Wildman–Crippen LogP) is 4.72. The van der Waals surface area contributed by atoms with Crippen LogP contribution in [0.25, 0.3) is 5.57 Å². The van der Waals surface area contributed by atoms with E-state index in [2.05, 4.69) is 41.1 Å². The number of nitrogens with zero attached hydrogens (tertiary/aromatic N) is 4. The fraction of sp³-hybridized carbons (Fsp3) is 0.455. The van der Waals surface area contributed by atoms with Crippen LogP contribution < -0.4 is 5.32 Å². The molecular weight excluding hydrogens is 566 g/mol. The standard InChI is InChI=1S/C33H36ClN5O4/c1-33(2)11-9-22(28(15-33)21-4-6-23(34)7-5-21)17-37-19-24-14-25(37)18-36(24)16-20-3-8-26-27(13-20)31(42)39(30(26)41)38-12-10-29(40)35-32(38)43/h3-8,13,24-25H,9-12,14-19H2,1-2H3,(H,35,40,43). The Hall–Kier alpha value is -3.53. The van der Waals surface area contributed by atoms with Crippen molar-refractivity contribution in [1.82, 2.24) is 25.1 Å². The lowest BCUT2D eigenvalue weighted by Crippen LogP contribution is -2.58. The van der Waals surface area contributed by atoms with Crippen LogP contribution >= 0.6 is 11.6 Å². The van der Waals surface area contributed by atoms with Gasteiger partial charge in [0, 0.05) is 49.7 Å². The van der Waals surface area contributed by atoms with Crippen molar-refractivity contribution in [2.45, 2.75) is 64.6 Å². The molecule has 0 radical (unpaired) electrons. The van der Waals surface area contributed by atoms with E-state index in [0.29, 0.717) is 24.2 Å². The number of nitrogens with one attached hydrogen (secondary N) is 1. The molecule has 2 aromatic rings. The number of piperazine rings is 1. The van der Waals surface area contributed by atoms with Crippen LogP contribution in [0.4, 0.5) is 4.79 Å². The Kier molecular flexibility index (Phi) is 6.95. The maximum Gasteiger partial charge on any atom is 0.343 e. The minimum Gasteiger partial charge on any atom is -0.294 e. The SMILES string of the molecule is CC1(C)CCC(CN2CC3CC2CN3Cc2ccc3c(c2)C(=O)N(N2CCC(=O)NC2=O)C3=O)=C(c2ccc(Cl)cc2)C1. The quantitative estimate of drug-likeness (QED) is 0.482. The number of allylic oxidation sites excluding steroid dienone is 1. The lowest BCUT2D eigenvalue weighted by atomic mass is 9.72. The van der Waals surface area contributed by atoms with Crippen molar-refractivity contribution in [2.75, 3.05) is 26.2 Å². The Morgan fingerprint density at radius 3 is 2.28 bits per heavy atom. The third-order valence-corrected chi connectivity index (χ3v) is 10.1. The fourth-order valence-electron chi connectivity index (χ4n) is 7.50. The maximum absolute atomic E-state index is 13.2. The molecule has 43 heavy (non-hydrogen) atoms. The van der Waals surface area contributed by atoms with Crippen molar-refractivity contribution in [3.63, 3.8) is 0 Å². The van der Waals surface area contributed by atoms with Gasteiger partial charge in [-0.25, -0.2) is 9.80 Å². The highest BCUT2D eigenvalue weighted by atomic mass is 35.5. The summed E-state index contributed by atoms with van der Waals surface area (Å²) >= 11 is 6.20. The van der Waals surface area contributed by atoms with Gasteiger partial charge in [-0.05, 0) is 72.1 Å². The Labute approximate surface area is 256 Å². The molecule has 224 valence electrons. The number of carbonyl (C=O) groups is 4. The molecule has 4 aliphatic heterocycles. The van der Waals surface area contributed by atoms with Crippen LogP contribution in [0.15, 0.2) is 48.0 Å². The van der Waals surface area contributed by atoms with Crippen molar-refractivity contribution in [3.8, 4) is 0 Å². The summed E-state index contributed by atoms with van der Waals surface area (Å²) in [6.45, 7) is 8.41. The van der Waals surface area contributed by atoms with Crippen LogP contribution in [-0.4, -0.2) is 81.8 Å². The third kappa shape index (κ3) is 5.17. The summed E-state index contributed by atoms with van der Waals surface area (Å²) in [5.41, 5.74) is 6.17. The number of imide groups is 2. The smallest absolute Gasteiger partial charge is 0.294 e. The molecule has 1 N–H and O–H groups in total. The summed E-state index contributed by atoms with van der Waals surface area (Å²) in [5, 5.41) is 4.84. The van der Waals surface area contributed by atoms with Gasteiger partial charge in [0.25, 0.3) is 11.8 Å². The Morgan fingerprint density at radius 1 is 0.884 bits per heavy atom. The second kappa shape index (κ2) is 10.6. The van der Waals surface area contributed by atoms with Gasteiger partial charge in [0.05, 0.1) is 17.7 Å². The minimum atomic E-state index is -0.753. The van der Waals surface area contributed by atoms with Gasteiger partial charge in [-0.2, -0.15) is 5.01 Å². The molecular formula is C33H36ClN5O4. The van der Waals surface area contributed by atoms with Crippen LogP contribution in [0.5, 0.6) is 0 Å². The van der Waals surface area contributed by atoms with Crippen LogP contribution in [-0.2, 0) is 11.3 Å². The number of urea groups is 1. The van der Waals surface area contributed by atoms with Gasteiger partial charge in [0.1, 0.15) is 0 Å². The normalized spacial score (nSPS) is 25.7. The molecule has 2 aromatic carbocycles. The van der Waals surface area contributed by atoms with Gasteiger partial charge >= 0.3 is 6.03 Å². The van der Waals surface area contributed by atoms with E-state index in [0.717, 1.165) is 59.5 Å². The van der Waals surface area contributed by atoms with E-state index in [1.807, 2.05) is 18.2 Å². The number of benzene rings is 2. The van der Waals surface area contributed by atoms with Crippen LogP contribution in [0.2, 0.25) is 5.02 Å². The van der Waals surface area contributed by atoms with Crippen molar-refractivity contribution in [3.05, 3.63) is 75.3 Å². The number of hydrazine groups is 1. The molecule has 3 fully saturated rings. The summed E-state index contributed by atoms with van der Waals surface area (Å²) in [7, 11) is 0. The van der Waals surface area contributed by atoms with Gasteiger partial charge in [-0.1, -0.05) is 49.2 Å². The monoisotopic (exact) mass is 601 g/mol. The van der Waals surface area contributed by atoms with Crippen molar-refractivity contribution < 1.29 is 19.2 Å². The average Bonchev–Trinajstić information content (AvgIpc) is 3.62. The Morgan fingerprint density at radius 2 is 1.58 bits per heavy atom. The summed E-state index contributed by atoms with van der Waals surface area (Å²) in [5.74, 6) is -1.48. The second-order valence-corrected chi connectivity index (χ2v) is 13.8. The predicted molar refractivity (Wildman–Crippen MR) is 162 cm³/mol. The number of hydrogen-bond donors (Lipinski definition) is 1. The highest BCUT2D eigenvalue weighted by Crippen LogP contribution is 2.44. The molecule has 9 nitrogen and oxygen atoms in total. The van der Waals surface area contributed by atoms with Crippen molar-refractivity contribution in [1.29, 1.82) is 0 Å². The minimum absolute atomic E-state index is 0.00774. The maximum atomic E-state index is 13.2. The molecule has 7 rings (SSSR count). The molecule has 0 aromatic heterocycles. The Balaban J connectivity index is 1.03. The van der Waals surface area contributed by atoms with Crippen LogP contribution in [0.1, 0.15) is 77.8 Å². The fourth-order valence-corrected chi connectivity index (χ4v) is 7.63. The number of fused-ring (bicyclic) bond motifs is 3. The van der Waals surface area contributed by atoms with Gasteiger partial charge in [-0.3, -0.25) is 29.5 Å². The molecule has 5 aliphatic rings. The average molecular weight is 602 g/mol. The molecule has 3 saturated heterocycles. The molecule has 4 heterocycles. The molecule has 2 atom stereocenters. The zero-order valence-corrected chi connectivity index (χ0v) is 25.3. The Bertz CT molecular complexity index is 1570. The number of amides is 5. The zero-order chi connectivity index (χ0) is 30.0. The number of hydrogen-bond acceptors (Lipinski definition) is 6. The van der Waals surface area contributed by atoms with Gasteiger partial charge in [-0.15, -0.1) is 0 Å². The summed E-state index contributed by atoms with van der Waals surface area (Å²) < 4.78 is 0. The molecule has 2 unspecified atom stereocenters. The first kappa shape index (κ1) is 28.3. The lowest BCUT2D eigenvalue weighted by molar-refractivity contribution is -0.122. The zero-order valence-electron chi connectivity index (χ0n) is 24.6. The highest BCUT2D eigenvalue weighted by Gasteiger charge is 2.45. The molecule has 5 amide bonds. The largest absolute Gasteiger partial charge is 0.343 e. The van der Waals surface area contributed by atoms with Crippen molar-refractivity contribution >= 4 is 40.9 Å². The highest BCUT2D eigenvalue weighted by molar-refractivity contribution is 6.30. The van der Waals surface area contributed by atoms with Gasteiger partial charge < -0.3 is 0 Å². The molecule has 10 heteroatoms. The number of rotatable bonds is 6. The number of carbonyl (C=O) groups excluding carboxylic acids is 4. The third-order valence-electron chi connectivity index (χ3n) is 9.83. The van der Waals surface area contributed by atoms with Crippen LogP contribution in [0.3, 0.4) is 0 Å². The van der Waals surface area contributed by atoms with E-state index in [-0.39, 0.29) is 23.9 Å². The molecule has 0 spiro atoms. The van der Waals surface area contributed by atoms with E-state index in [4.69, 9.17) is 11.6 Å². The van der Waals surface area contributed by atoms with E-state index >= 15 is 0 Å². The first-order valence-electron chi connectivity index (χ1n) is 15.1. The lowest BCUT2D eigenvalue weighted by Gasteiger charge is -2.38. The van der Waals surface area contributed by atoms with Gasteiger partial charge in [0.2, 0.25) is 5.91 Å². The molecule has 1 aliphatic carbocycles. The first-order valence-corrected chi connectivity index (χ1v) is 15.5. The van der Waals surface area contributed by atoms with E-state index < -0.39 is 23.8 Å². The van der Waals surface area contributed by atoms with Crippen LogP contribution in [0, 0.1) is 5.41 Å². The van der Waals surface area contributed by atoms with Crippen molar-refractivity contribution in [2.24, 2.45) is 5.41 Å². The first-order chi connectivity index (χ1) is 20.6. The van der Waals surface area contributed by atoms with Gasteiger partial charge in [0.15, 0.2) is 0 Å². The van der Waals surface area contributed by atoms with E-state index in [1.165, 1.54) is 17.6 Å². The van der Waals surface area contributed by atoms with E-state index in [9.17, 15) is 19.2 Å². The number of likely N-dealkylation sites (tertiary alicyclic amines) is 2. The summed E-state index contributed by atoms with van der Waals surface area (Å²) in [6.07, 6.45) is 4.57. The van der Waals surface area contributed by atoms with E-state index in [1.54, 1.807) is 17.7 Å². The summed E-state index contributed by atoms with van der Waals surface area (Å²) in [4.78, 5) is 55.3. The molecule has 2 bridgehead atoms. The topological polar surface area (TPSA) is 93.3 Å². The molecule has 0 saturated carbocycles. The second-order valence-electron chi connectivity index (χ2n) is 13.4.